The van der Waals surface area contributed by atoms with E-state index in [1.54, 1.807) is 5.48 Å². The van der Waals surface area contributed by atoms with Crippen LogP contribution in [0, 0.1) is 0 Å². The Labute approximate surface area is 186 Å². The van der Waals surface area contributed by atoms with Crippen molar-refractivity contribution in [2.75, 3.05) is 19.7 Å². The van der Waals surface area contributed by atoms with Crippen molar-refractivity contribution in [3.05, 3.63) is 77.0 Å². The molecule has 0 saturated heterocycles. The Morgan fingerprint density at radius 3 is 2.90 bits per heavy atom. The molecule has 1 heterocycles. The highest BCUT2D eigenvalue weighted by molar-refractivity contribution is 6.50. The molecule has 3 aromatic rings. The fourth-order valence-electron chi connectivity index (χ4n) is 4.51. The van der Waals surface area contributed by atoms with Gasteiger partial charge in [-0.1, -0.05) is 41.9 Å². The van der Waals surface area contributed by atoms with E-state index in [0.29, 0.717) is 6.54 Å². The number of hydrogen-bond acceptors (Lipinski definition) is 4. The van der Waals surface area contributed by atoms with E-state index in [-0.39, 0.29) is 17.7 Å². The van der Waals surface area contributed by atoms with Crippen LogP contribution in [0.4, 0.5) is 0 Å². The van der Waals surface area contributed by atoms with Crippen LogP contribution in [-0.4, -0.2) is 45.8 Å². The molecule has 0 aliphatic heterocycles. The summed E-state index contributed by atoms with van der Waals surface area (Å²) in [5, 5.41) is 19.9. The van der Waals surface area contributed by atoms with Gasteiger partial charge in [-0.15, -0.1) is 0 Å². The topological polar surface area (TPSA) is 88.6 Å². The molecule has 1 atom stereocenters. The van der Waals surface area contributed by atoms with Crippen LogP contribution in [0.1, 0.15) is 34.7 Å². The van der Waals surface area contributed by atoms with Crippen molar-refractivity contribution in [1.82, 2.24) is 15.4 Å². The van der Waals surface area contributed by atoms with Crippen LogP contribution in [0.25, 0.3) is 15.9 Å². The number of para-hydroxylation sites is 1. The largest absolute Gasteiger partial charge is 0.395 e. The van der Waals surface area contributed by atoms with Crippen molar-refractivity contribution in [1.29, 1.82) is 0 Å². The lowest BCUT2D eigenvalue weighted by Gasteiger charge is -2.29. The van der Waals surface area contributed by atoms with Gasteiger partial charge in [-0.25, -0.2) is 5.48 Å². The van der Waals surface area contributed by atoms with Crippen molar-refractivity contribution in [2.45, 2.75) is 25.3 Å². The van der Waals surface area contributed by atoms with Gasteiger partial charge in [0.15, 0.2) is 0 Å². The number of aliphatic hydroxyl groups is 1. The molecular weight excluding hydrogens is 414 g/mol. The Hall–Kier alpha value is -2.64. The molecule has 0 spiro atoms. The summed E-state index contributed by atoms with van der Waals surface area (Å²) in [7, 11) is 0. The van der Waals surface area contributed by atoms with Gasteiger partial charge in [0.05, 0.1) is 11.6 Å². The zero-order valence-electron chi connectivity index (χ0n) is 17.1. The molecule has 4 N–H and O–H groups in total. The van der Waals surface area contributed by atoms with Gasteiger partial charge in [0.1, 0.15) is 0 Å². The Morgan fingerprint density at radius 1 is 1.26 bits per heavy atom. The number of fused-ring (bicyclic) bond motifs is 2. The van der Waals surface area contributed by atoms with E-state index in [9.17, 15) is 9.90 Å². The van der Waals surface area contributed by atoms with Crippen molar-refractivity contribution in [2.24, 2.45) is 0 Å². The second kappa shape index (κ2) is 9.66. The van der Waals surface area contributed by atoms with Crippen LogP contribution in [-0.2, 0) is 17.6 Å². The molecule has 162 valence electrons. The number of aryl methyl sites for hydroxylation is 1. The fourth-order valence-corrected chi connectivity index (χ4v) is 4.72. The number of aliphatic hydroxyl groups excluding tert-OH is 1. The maximum atomic E-state index is 11.3. The van der Waals surface area contributed by atoms with Gasteiger partial charge in [0.2, 0.25) is 0 Å². The van der Waals surface area contributed by atoms with E-state index < -0.39 is 5.91 Å². The number of H-pyrrole nitrogens is 1. The maximum absolute atomic E-state index is 11.3. The highest BCUT2D eigenvalue weighted by Gasteiger charge is 2.28. The molecule has 0 fully saturated rings. The second-order valence-corrected chi connectivity index (χ2v) is 8.21. The number of halogens is 1. The number of carbonyl (C=O) groups excluding carboxylic acids is 1. The zero-order chi connectivity index (χ0) is 21.8. The Balaban J connectivity index is 1.51. The predicted molar refractivity (Wildman–Crippen MR) is 122 cm³/mol. The van der Waals surface area contributed by atoms with Crippen LogP contribution >= 0.6 is 11.6 Å². The molecule has 0 bridgehead atoms. The minimum absolute atomic E-state index is 0.114. The summed E-state index contributed by atoms with van der Waals surface area (Å²) in [6.07, 6.45) is 6.03. The fraction of sp³-hybridized carbons (Fsp3) is 0.292. The van der Waals surface area contributed by atoms with E-state index >= 15 is 0 Å². The van der Waals surface area contributed by atoms with E-state index in [1.165, 1.54) is 22.1 Å². The summed E-state index contributed by atoms with van der Waals surface area (Å²) >= 11 is 6.23. The van der Waals surface area contributed by atoms with Gasteiger partial charge < -0.3 is 10.1 Å². The number of carbonyl (C=O) groups is 1. The number of hydrogen-bond donors (Lipinski definition) is 4. The molecule has 1 unspecified atom stereocenters. The normalized spacial score (nSPS) is 16.1. The van der Waals surface area contributed by atoms with Gasteiger partial charge in [-0.2, -0.15) is 0 Å². The van der Waals surface area contributed by atoms with Crippen LogP contribution in [0.2, 0.25) is 0 Å². The van der Waals surface area contributed by atoms with Gasteiger partial charge in [0.25, 0.3) is 5.91 Å². The number of nitrogens with zero attached hydrogens (tertiary/aromatic N) is 1. The first kappa shape index (κ1) is 21.6. The summed E-state index contributed by atoms with van der Waals surface area (Å²) in [6, 6.07) is 14.5. The number of rotatable bonds is 8. The first-order chi connectivity index (χ1) is 15.1. The van der Waals surface area contributed by atoms with Crippen LogP contribution < -0.4 is 5.48 Å². The number of benzene rings is 2. The molecule has 0 saturated carbocycles. The van der Waals surface area contributed by atoms with E-state index in [0.717, 1.165) is 43.0 Å². The third kappa shape index (κ3) is 4.67. The molecule has 6 nitrogen and oxygen atoms in total. The Kier molecular flexibility index (Phi) is 6.73. The molecular formula is C24H26ClN3O3. The second-order valence-electron chi connectivity index (χ2n) is 7.81. The lowest BCUT2D eigenvalue weighted by Crippen LogP contribution is -2.32. The van der Waals surface area contributed by atoms with Gasteiger partial charge >= 0.3 is 0 Å². The molecule has 1 aliphatic carbocycles. The molecule has 1 aliphatic rings. The van der Waals surface area contributed by atoms with Crippen LogP contribution in [0.15, 0.2) is 54.7 Å². The smallest absolute Gasteiger partial charge is 0.268 e. The first-order valence-corrected chi connectivity index (χ1v) is 10.8. The lowest BCUT2D eigenvalue weighted by molar-refractivity contribution is -0.124. The highest BCUT2D eigenvalue weighted by atomic mass is 35.5. The van der Waals surface area contributed by atoms with Crippen molar-refractivity contribution < 1.29 is 15.1 Å². The minimum Gasteiger partial charge on any atom is -0.395 e. The van der Waals surface area contributed by atoms with Gasteiger partial charge in [-0.3, -0.25) is 14.9 Å². The van der Waals surface area contributed by atoms with Crippen molar-refractivity contribution >= 4 is 33.4 Å². The Morgan fingerprint density at radius 2 is 2.10 bits per heavy atom. The maximum Gasteiger partial charge on any atom is 0.268 e. The molecule has 4 rings (SSSR count). The van der Waals surface area contributed by atoms with Crippen molar-refractivity contribution in [3.63, 3.8) is 0 Å². The molecule has 1 amide bonds. The van der Waals surface area contributed by atoms with E-state index in [1.807, 2.05) is 18.2 Å². The number of hydroxylamine groups is 1. The molecule has 2 aromatic carbocycles. The summed E-state index contributed by atoms with van der Waals surface area (Å²) < 4.78 is 0. The summed E-state index contributed by atoms with van der Waals surface area (Å²) in [5.74, 6) is -0.658. The lowest BCUT2D eigenvalue weighted by atomic mass is 10.0. The standard InChI is InChI=1S/C24H26ClN3O3/c25-21(14-24(30)27-31)17-5-7-20-16(13-17)6-8-23(20)28(11-12-29)10-9-18-15-26-22-4-2-1-3-19(18)22/h1-5,7,13-15,23,26,29,31H,6,8-12H2,(H,27,30)/b21-14+. The molecule has 31 heavy (non-hydrogen) atoms. The van der Waals surface area contributed by atoms with Crippen LogP contribution in [0.5, 0.6) is 0 Å². The van der Waals surface area contributed by atoms with Crippen LogP contribution in [0.3, 0.4) is 0 Å². The van der Waals surface area contributed by atoms with Crippen molar-refractivity contribution in [3.8, 4) is 0 Å². The van der Waals surface area contributed by atoms with E-state index in [4.69, 9.17) is 16.8 Å². The molecule has 1 aromatic heterocycles. The minimum atomic E-state index is -0.658. The highest BCUT2D eigenvalue weighted by Crippen LogP contribution is 2.37. The average molecular weight is 440 g/mol. The average Bonchev–Trinajstić information content (AvgIpc) is 3.40. The Bertz CT molecular complexity index is 1110. The number of aromatic amines is 1. The third-order valence-corrected chi connectivity index (χ3v) is 6.33. The predicted octanol–water partition coefficient (Wildman–Crippen LogP) is 3.78. The molecule has 7 heteroatoms. The monoisotopic (exact) mass is 439 g/mol. The summed E-state index contributed by atoms with van der Waals surface area (Å²) in [5.41, 5.74) is 7.18. The van der Waals surface area contributed by atoms with Gasteiger partial charge in [0, 0.05) is 42.3 Å². The zero-order valence-corrected chi connectivity index (χ0v) is 17.9. The number of aromatic nitrogens is 1. The number of amides is 1. The summed E-state index contributed by atoms with van der Waals surface area (Å²) in [4.78, 5) is 17.0. The summed E-state index contributed by atoms with van der Waals surface area (Å²) in [6.45, 7) is 1.58. The first-order valence-electron chi connectivity index (χ1n) is 10.4. The number of nitrogens with one attached hydrogen (secondary N) is 2. The van der Waals surface area contributed by atoms with E-state index in [2.05, 4.69) is 40.3 Å². The quantitative estimate of drug-likeness (QED) is 0.244. The third-order valence-electron chi connectivity index (χ3n) is 6.00. The van der Waals surface area contributed by atoms with Gasteiger partial charge in [-0.05, 0) is 53.6 Å². The SMILES string of the molecule is O=C(/C=C(/Cl)c1ccc2c(c1)CCC2N(CCO)CCc1c[nH]c2ccccc12)NO. The molecule has 0 radical (unpaired) electrons.